The van der Waals surface area contributed by atoms with Gasteiger partial charge in [0, 0.05) is 25.9 Å². The minimum absolute atomic E-state index is 0.0876. The van der Waals surface area contributed by atoms with Crippen molar-refractivity contribution < 1.29 is 9.59 Å². The molecule has 0 heterocycles. The van der Waals surface area contributed by atoms with Crippen molar-refractivity contribution in [3.8, 4) is 0 Å². The number of nitrogens with one attached hydrogen (secondary N) is 1. The van der Waals surface area contributed by atoms with Crippen LogP contribution in [0.25, 0.3) is 0 Å². The third-order valence-electron chi connectivity index (χ3n) is 1.92. The second kappa shape index (κ2) is 6.65. The summed E-state index contributed by atoms with van der Waals surface area (Å²) in [5.74, 6) is -0.00289. The smallest absolute Gasteiger partial charge is 0.244 e. The second-order valence-electron chi connectivity index (χ2n) is 3.08. The average molecular weight is 221 g/mol. The van der Waals surface area contributed by atoms with Crippen LogP contribution in [-0.4, -0.2) is 42.2 Å². The van der Waals surface area contributed by atoms with Crippen LogP contribution in [0.15, 0.2) is 0 Å². The Bertz CT molecular complexity index is 209. The third kappa shape index (κ3) is 4.46. The van der Waals surface area contributed by atoms with Crippen LogP contribution in [0.1, 0.15) is 20.3 Å². The molecular weight excluding hydrogens is 204 g/mol. The molecular formula is C9H17ClN2O2. The van der Waals surface area contributed by atoms with Crippen LogP contribution in [-0.2, 0) is 9.59 Å². The first-order chi connectivity index (χ1) is 6.52. The van der Waals surface area contributed by atoms with Gasteiger partial charge in [-0.15, -0.1) is 11.6 Å². The number of hydrogen-bond acceptors (Lipinski definition) is 2. The molecule has 0 aromatic heterocycles. The van der Waals surface area contributed by atoms with Crippen LogP contribution in [0.4, 0.5) is 0 Å². The standard InChI is InChI=1S/C9H17ClN2O2/c1-4-12(3)9(14)7(2)11-8(13)5-6-10/h7H,4-6H2,1-3H3,(H,11,13). The summed E-state index contributed by atoms with van der Waals surface area (Å²) in [6.45, 7) is 4.18. The van der Waals surface area contributed by atoms with Crippen LogP contribution in [0, 0.1) is 0 Å². The summed E-state index contributed by atoms with van der Waals surface area (Å²) in [5, 5.41) is 2.58. The van der Waals surface area contributed by atoms with E-state index < -0.39 is 6.04 Å². The number of carbonyl (C=O) groups excluding carboxylic acids is 2. The van der Waals surface area contributed by atoms with Crippen molar-refractivity contribution in [1.82, 2.24) is 10.2 Å². The number of rotatable bonds is 5. The normalized spacial score (nSPS) is 12.0. The first kappa shape index (κ1) is 13.2. The van der Waals surface area contributed by atoms with Gasteiger partial charge in [0.1, 0.15) is 6.04 Å². The van der Waals surface area contributed by atoms with Crippen LogP contribution in [0.5, 0.6) is 0 Å². The highest BCUT2D eigenvalue weighted by Gasteiger charge is 2.17. The van der Waals surface area contributed by atoms with Crippen LogP contribution in [0.3, 0.4) is 0 Å². The van der Waals surface area contributed by atoms with Gasteiger partial charge >= 0.3 is 0 Å². The van der Waals surface area contributed by atoms with Gasteiger partial charge < -0.3 is 10.2 Å². The molecule has 0 aliphatic heterocycles. The van der Waals surface area contributed by atoms with Crippen molar-refractivity contribution in [1.29, 1.82) is 0 Å². The summed E-state index contributed by atoms with van der Waals surface area (Å²) in [5.41, 5.74) is 0. The molecule has 0 saturated heterocycles. The first-order valence-corrected chi connectivity index (χ1v) is 5.16. The minimum atomic E-state index is -0.476. The topological polar surface area (TPSA) is 49.4 Å². The van der Waals surface area contributed by atoms with Gasteiger partial charge in [0.05, 0.1) is 0 Å². The molecule has 1 atom stereocenters. The number of hydrogen-bond donors (Lipinski definition) is 1. The molecule has 14 heavy (non-hydrogen) atoms. The van der Waals surface area contributed by atoms with E-state index in [1.807, 2.05) is 6.92 Å². The maximum atomic E-state index is 11.5. The molecule has 0 aliphatic rings. The molecule has 5 heteroatoms. The Morgan fingerprint density at radius 1 is 1.50 bits per heavy atom. The highest BCUT2D eigenvalue weighted by Crippen LogP contribution is 1.93. The van der Waals surface area contributed by atoms with Crippen LogP contribution >= 0.6 is 11.6 Å². The number of carbonyl (C=O) groups is 2. The predicted molar refractivity (Wildman–Crippen MR) is 56.3 cm³/mol. The maximum absolute atomic E-state index is 11.5. The Hall–Kier alpha value is -0.770. The summed E-state index contributed by atoms with van der Waals surface area (Å²) in [4.78, 5) is 24.2. The number of nitrogens with zero attached hydrogens (tertiary/aromatic N) is 1. The average Bonchev–Trinajstić information content (AvgIpc) is 2.15. The van der Waals surface area contributed by atoms with Gasteiger partial charge in [0.25, 0.3) is 0 Å². The molecule has 0 rings (SSSR count). The molecule has 0 fully saturated rings. The van der Waals surface area contributed by atoms with E-state index in [1.54, 1.807) is 18.9 Å². The third-order valence-corrected chi connectivity index (χ3v) is 2.11. The first-order valence-electron chi connectivity index (χ1n) is 4.63. The van der Waals surface area contributed by atoms with E-state index in [0.29, 0.717) is 6.54 Å². The van der Waals surface area contributed by atoms with Crippen molar-refractivity contribution in [3.63, 3.8) is 0 Å². The van der Waals surface area contributed by atoms with E-state index in [1.165, 1.54) is 0 Å². The molecule has 2 amide bonds. The summed E-state index contributed by atoms with van der Waals surface area (Å²) in [6.07, 6.45) is 0.245. The molecule has 0 aliphatic carbocycles. The van der Waals surface area contributed by atoms with E-state index >= 15 is 0 Å². The van der Waals surface area contributed by atoms with Crippen molar-refractivity contribution in [2.45, 2.75) is 26.3 Å². The van der Waals surface area contributed by atoms with E-state index in [2.05, 4.69) is 5.32 Å². The highest BCUT2D eigenvalue weighted by molar-refractivity contribution is 6.18. The van der Waals surface area contributed by atoms with Gasteiger partial charge in [-0.3, -0.25) is 9.59 Å². The summed E-state index contributed by atoms with van der Waals surface area (Å²) in [6, 6.07) is -0.476. The van der Waals surface area contributed by atoms with Gasteiger partial charge in [-0.1, -0.05) is 0 Å². The van der Waals surface area contributed by atoms with Crippen LogP contribution < -0.4 is 5.32 Å². The lowest BCUT2D eigenvalue weighted by atomic mass is 10.3. The fourth-order valence-corrected chi connectivity index (χ4v) is 1.12. The largest absolute Gasteiger partial charge is 0.345 e. The molecule has 0 spiro atoms. The Morgan fingerprint density at radius 2 is 2.07 bits per heavy atom. The predicted octanol–water partition coefficient (Wildman–Crippen LogP) is 0.598. The Kier molecular flexibility index (Phi) is 6.28. The Morgan fingerprint density at radius 3 is 2.50 bits per heavy atom. The lowest BCUT2D eigenvalue weighted by molar-refractivity contribution is -0.134. The molecule has 0 bridgehead atoms. The van der Waals surface area contributed by atoms with Gasteiger partial charge in [0.2, 0.25) is 11.8 Å². The molecule has 0 saturated carbocycles. The van der Waals surface area contributed by atoms with E-state index in [4.69, 9.17) is 11.6 Å². The minimum Gasteiger partial charge on any atom is -0.345 e. The second-order valence-corrected chi connectivity index (χ2v) is 3.46. The zero-order valence-corrected chi connectivity index (χ0v) is 9.60. The zero-order valence-electron chi connectivity index (χ0n) is 8.84. The van der Waals surface area contributed by atoms with E-state index in [0.717, 1.165) is 0 Å². The lowest BCUT2D eigenvalue weighted by Gasteiger charge is -2.20. The number of halogens is 1. The molecule has 0 radical (unpaired) electrons. The number of alkyl halides is 1. The van der Waals surface area contributed by atoms with Gasteiger partial charge in [0.15, 0.2) is 0 Å². The molecule has 0 aromatic rings. The Labute approximate surface area is 89.6 Å². The molecule has 1 N–H and O–H groups in total. The monoisotopic (exact) mass is 220 g/mol. The number of amides is 2. The molecule has 4 nitrogen and oxygen atoms in total. The van der Waals surface area contributed by atoms with Crippen molar-refractivity contribution >= 4 is 23.4 Å². The van der Waals surface area contributed by atoms with E-state index in [-0.39, 0.29) is 24.1 Å². The van der Waals surface area contributed by atoms with Gasteiger partial charge in [-0.25, -0.2) is 0 Å². The lowest BCUT2D eigenvalue weighted by Crippen LogP contribution is -2.45. The van der Waals surface area contributed by atoms with Crippen molar-refractivity contribution in [2.24, 2.45) is 0 Å². The molecule has 1 unspecified atom stereocenters. The highest BCUT2D eigenvalue weighted by atomic mass is 35.5. The summed E-state index contributed by atoms with van der Waals surface area (Å²) >= 11 is 5.39. The van der Waals surface area contributed by atoms with Crippen molar-refractivity contribution in [2.75, 3.05) is 19.5 Å². The maximum Gasteiger partial charge on any atom is 0.244 e. The molecule has 82 valence electrons. The zero-order chi connectivity index (χ0) is 11.1. The number of likely N-dealkylation sites (N-methyl/N-ethyl adjacent to an activating group) is 1. The van der Waals surface area contributed by atoms with Gasteiger partial charge in [-0.05, 0) is 13.8 Å². The van der Waals surface area contributed by atoms with Crippen LogP contribution in [0.2, 0.25) is 0 Å². The molecule has 0 aromatic carbocycles. The quantitative estimate of drug-likeness (QED) is 0.690. The van der Waals surface area contributed by atoms with Crippen molar-refractivity contribution in [3.05, 3.63) is 0 Å². The fraction of sp³-hybridized carbons (Fsp3) is 0.778. The fourth-order valence-electron chi connectivity index (χ4n) is 0.948. The summed E-state index contributed by atoms with van der Waals surface area (Å²) < 4.78 is 0. The SMILES string of the molecule is CCN(C)C(=O)C(C)NC(=O)CCCl. The van der Waals surface area contributed by atoms with E-state index in [9.17, 15) is 9.59 Å². The van der Waals surface area contributed by atoms with Gasteiger partial charge in [-0.2, -0.15) is 0 Å². The summed E-state index contributed by atoms with van der Waals surface area (Å²) in [7, 11) is 1.70. The Balaban J connectivity index is 4.01.